The van der Waals surface area contributed by atoms with E-state index in [0.29, 0.717) is 13.2 Å². The van der Waals surface area contributed by atoms with Crippen molar-refractivity contribution >= 4 is 6.09 Å². The zero-order valence-corrected chi connectivity index (χ0v) is 12.3. The van der Waals surface area contributed by atoms with Crippen molar-refractivity contribution in [2.24, 2.45) is 0 Å². The van der Waals surface area contributed by atoms with Gasteiger partial charge >= 0.3 is 6.09 Å². The zero-order valence-electron chi connectivity index (χ0n) is 12.3. The number of nitrogens with zero attached hydrogens (tertiary/aromatic N) is 1. The van der Waals surface area contributed by atoms with Crippen molar-refractivity contribution in [2.75, 3.05) is 13.2 Å². The van der Waals surface area contributed by atoms with Gasteiger partial charge in [0, 0.05) is 53.4 Å². The Kier molecular flexibility index (Phi) is 8.74. The largest absolute Gasteiger partial charge is 0.447 e. The predicted octanol–water partition coefficient (Wildman–Crippen LogP) is 0.0565. The topological polar surface area (TPSA) is 29.5 Å². The van der Waals surface area contributed by atoms with E-state index >= 15 is 0 Å². The van der Waals surface area contributed by atoms with Crippen molar-refractivity contribution in [1.29, 1.82) is 0 Å². The van der Waals surface area contributed by atoms with E-state index in [0.717, 1.165) is 0 Å². The van der Waals surface area contributed by atoms with E-state index in [1.54, 1.807) is 0 Å². The van der Waals surface area contributed by atoms with Gasteiger partial charge in [-0.2, -0.15) is 0 Å². The van der Waals surface area contributed by atoms with Gasteiger partial charge in [-0.15, -0.1) is 6.42 Å². The zero-order chi connectivity index (χ0) is 17.3. The first-order valence-corrected chi connectivity index (χ1v) is 6.25. The maximum Gasteiger partial charge on any atom is 0.421 e. The average Bonchev–Trinajstić information content (AvgIpc) is 2.99. The Morgan fingerprint density at radius 2 is 1.12 bits per heavy atom. The van der Waals surface area contributed by atoms with Crippen LogP contribution >= 0.6 is 0 Å². The third-order valence-corrected chi connectivity index (χ3v) is 1.90. The molecule has 0 unspecified atom stereocenters. The molecule has 1 rings (SSSR count). The smallest absolute Gasteiger partial charge is 0.421 e. The molecule has 1 heterocycles. The third kappa shape index (κ3) is 8.47. The summed E-state index contributed by atoms with van der Waals surface area (Å²) in [5.41, 5.74) is 0. The Bertz CT molecular complexity index is 1060. The molecule has 1 amide bonds. The molecule has 0 spiro atoms. The van der Waals surface area contributed by atoms with E-state index in [1.807, 2.05) is 0 Å². The Balaban J connectivity index is 2.42. The van der Waals surface area contributed by atoms with Gasteiger partial charge in [0.05, 0.1) is 6.54 Å². The predicted molar refractivity (Wildman–Crippen MR) is 89.1 cm³/mol. The lowest BCUT2D eigenvalue weighted by Crippen LogP contribution is -2.17. The van der Waals surface area contributed by atoms with Gasteiger partial charge in [0.15, 0.2) is 0 Å². The molecule has 3 heteroatoms. The van der Waals surface area contributed by atoms with Crippen LogP contribution in [0.2, 0.25) is 0 Å². The highest BCUT2D eigenvalue weighted by atomic mass is 16.6. The van der Waals surface area contributed by atoms with Crippen molar-refractivity contribution in [1.82, 2.24) is 4.90 Å². The Morgan fingerprint density at radius 1 is 0.708 bits per heavy atom. The first-order chi connectivity index (χ1) is 11.8. The van der Waals surface area contributed by atoms with Crippen molar-refractivity contribution in [3.63, 3.8) is 0 Å². The maximum absolute atomic E-state index is 11.0. The summed E-state index contributed by atoms with van der Waals surface area (Å²) in [4.78, 5) is 12.3. The third-order valence-electron chi connectivity index (χ3n) is 1.90. The van der Waals surface area contributed by atoms with Crippen LogP contribution in [-0.2, 0) is 4.74 Å². The lowest BCUT2D eigenvalue weighted by molar-refractivity contribution is 0.167. The lowest BCUT2D eigenvalue weighted by Gasteiger charge is -1.97. The molecular weight excluding hydrogens is 298 g/mol. The lowest BCUT2D eigenvalue weighted by atomic mass is 10.5. The monoisotopic (exact) mass is 303 g/mol. The van der Waals surface area contributed by atoms with Crippen LogP contribution in [-0.4, -0.2) is 24.1 Å². The quantitative estimate of drug-likeness (QED) is 0.592. The van der Waals surface area contributed by atoms with Gasteiger partial charge in [0.25, 0.3) is 0 Å². The summed E-state index contributed by atoms with van der Waals surface area (Å²) in [6.07, 6.45) is 4.44. The molecule has 0 atom stereocenters. The summed E-state index contributed by atoms with van der Waals surface area (Å²) in [5, 5.41) is 0. The molecule has 0 aliphatic carbocycles. The summed E-state index contributed by atoms with van der Waals surface area (Å²) in [6.45, 7) is 0.782. The van der Waals surface area contributed by atoms with Gasteiger partial charge < -0.3 is 4.74 Å². The molecule has 1 fully saturated rings. The normalized spacial score (nSPS) is 8.62. The number of rotatable bonds is 0. The van der Waals surface area contributed by atoms with Crippen LogP contribution in [0.1, 0.15) is 0 Å². The molecule has 3 nitrogen and oxygen atoms in total. The van der Waals surface area contributed by atoms with E-state index in [1.165, 1.54) is 4.90 Å². The van der Waals surface area contributed by atoms with Gasteiger partial charge in [-0.25, -0.2) is 9.69 Å². The molecule has 1 saturated heterocycles. The first kappa shape index (κ1) is 17.4. The molecule has 24 heavy (non-hydrogen) atoms. The van der Waals surface area contributed by atoms with Crippen molar-refractivity contribution in [2.45, 2.75) is 0 Å². The van der Waals surface area contributed by atoms with Crippen LogP contribution in [0.15, 0.2) is 0 Å². The van der Waals surface area contributed by atoms with E-state index in [2.05, 4.69) is 101 Å². The minimum absolute atomic E-state index is 0.341. The van der Waals surface area contributed by atoms with Crippen molar-refractivity contribution < 1.29 is 9.53 Å². The molecule has 1 aliphatic rings. The fraction of sp³-hybridized carbons (Fsp3) is 0.0952. The second-order valence-electron chi connectivity index (χ2n) is 3.40. The van der Waals surface area contributed by atoms with Crippen LogP contribution in [0, 0.1) is 107 Å². The number of terminal acetylenes is 1. The molecule has 0 aromatic rings. The molecule has 0 aromatic heterocycles. The molecule has 0 N–H and O–H groups in total. The summed E-state index contributed by atoms with van der Waals surface area (Å²) in [7, 11) is 0. The molecular formula is C21H5NO2. The highest BCUT2D eigenvalue weighted by molar-refractivity contribution is 5.71. The minimum Gasteiger partial charge on any atom is -0.447 e. The number of hydrogen-bond acceptors (Lipinski definition) is 2. The number of amides is 1. The number of carbonyl (C=O) groups excluding carboxylic acids is 1. The number of hydrogen-bond donors (Lipinski definition) is 0. The Morgan fingerprint density at radius 3 is 1.50 bits per heavy atom. The van der Waals surface area contributed by atoms with Crippen molar-refractivity contribution in [3.05, 3.63) is 0 Å². The Hall–Kier alpha value is -4.69. The van der Waals surface area contributed by atoms with E-state index in [9.17, 15) is 4.79 Å². The highest BCUT2D eigenvalue weighted by Gasteiger charge is 2.19. The van der Waals surface area contributed by atoms with Crippen LogP contribution in [0.25, 0.3) is 0 Å². The second kappa shape index (κ2) is 12.1. The summed E-state index contributed by atoms with van der Waals surface area (Å²) in [5.74, 6) is 38.9. The molecule has 0 aromatic carbocycles. The fourth-order valence-corrected chi connectivity index (χ4v) is 1.03. The number of cyclic esters (lactones) is 1. The molecule has 0 bridgehead atoms. The minimum atomic E-state index is -0.464. The van der Waals surface area contributed by atoms with Gasteiger partial charge in [-0.05, 0) is 47.4 Å². The molecule has 106 valence electrons. The average molecular weight is 303 g/mol. The molecule has 1 aliphatic heterocycles. The SMILES string of the molecule is C#CC#CC#CC#CC#CC#CC#CC#CC#CN1CCOC1=O. The van der Waals surface area contributed by atoms with Gasteiger partial charge in [-0.1, -0.05) is 0 Å². The van der Waals surface area contributed by atoms with Crippen LogP contribution < -0.4 is 0 Å². The molecule has 0 radical (unpaired) electrons. The Labute approximate surface area is 141 Å². The first-order valence-electron chi connectivity index (χ1n) is 6.25. The fourth-order valence-electron chi connectivity index (χ4n) is 1.03. The summed E-state index contributed by atoms with van der Waals surface area (Å²) >= 11 is 0. The standard InChI is InChI=1S/C21H5NO2/c1-2-3-4-5-6-7-8-9-10-11-12-13-14-15-16-17-18-22-19-20-24-21(22)23/h1H,19-20H2. The second-order valence-corrected chi connectivity index (χ2v) is 3.40. The van der Waals surface area contributed by atoms with Crippen LogP contribution in [0.5, 0.6) is 0 Å². The van der Waals surface area contributed by atoms with Crippen LogP contribution in [0.4, 0.5) is 4.79 Å². The van der Waals surface area contributed by atoms with Crippen molar-refractivity contribution in [3.8, 4) is 107 Å². The maximum atomic E-state index is 11.0. The highest BCUT2D eigenvalue weighted by Crippen LogP contribution is 1.99. The van der Waals surface area contributed by atoms with Crippen LogP contribution in [0.3, 0.4) is 0 Å². The van der Waals surface area contributed by atoms with Gasteiger partial charge in [0.1, 0.15) is 6.61 Å². The van der Waals surface area contributed by atoms with E-state index < -0.39 is 6.09 Å². The van der Waals surface area contributed by atoms with Gasteiger partial charge in [0.2, 0.25) is 0 Å². The van der Waals surface area contributed by atoms with Gasteiger partial charge in [-0.3, -0.25) is 0 Å². The number of ether oxygens (including phenoxy) is 1. The summed E-state index contributed by atoms with van der Waals surface area (Å²) in [6, 6.07) is 2.54. The van der Waals surface area contributed by atoms with E-state index in [4.69, 9.17) is 11.2 Å². The van der Waals surface area contributed by atoms with E-state index in [-0.39, 0.29) is 0 Å². The summed E-state index contributed by atoms with van der Waals surface area (Å²) < 4.78 is 4.69. The number of carbonyl (C=O) groups is 1. The molecule has 0 saturated carbocycles.